The Morgan fingerprint density at radius 3 is 2.65 bits per heavy atom. The molecule has 146 valence electrons. The molecule has 1 aromatic carbocycles. The molecule has 0 aromatic heterocycles. The van der Waals surface area contributed by atoms with Crippen molar-refractivity contribution < 1.29 is 4.21 Å². The lowest BCUT2D eigenvalue weighted by molar-refractivity contribution is 0.413. The topological polar surface area (TPSA) is 53.5 Å². The van der Waals surface area contributed by atoms with Crippen LogP contribution in [0.5, 0.6) is 0 Å². The fraction of sp³-hybridized carbons (Fsp3) is 0.667. The first-order valence-corrected chi connectivity index (χ1v) is 11.4. The second kappa shape index (κ2) is 10.7. The summed E-state index contributed by atoms with van der Waals surface area (Å²) in [6, 6.07) is 9.09. The summed E-state index contributed by atoms with van der Waals surface area (Å²) in [6.07, 6.45) is 4.36. The van der Waals surface area contributed by atoms with Crippen LogP contribution in [-0.4, -0.2) is 40.3 Å². The zero-order valence-electron chi connectivity index (χ0n) is 16.8. The third kappa shape index (κ3) is 6.42. The van der Waals surface area contributed by atoms with E-state index >= 15 is 0 Å². The zero-order valence-corrected chi connectivity index (χ0v) is 17.6. The number of nitrogens with one attached hydrogen (secondary N) is 2. The van der Waals surface area contributed by atoms with Crippen molar-refractivity contribution in [2.45, 2.75) is 70.6 Å². The second-order valence-electron chi connectivity index (χ2n) is 7.33. The molecule has 1 aromatic rings. The smallest absolute Gasteiger partial charge is 0.191 e. The fourth-order valence-corrected chi connectivity index (χ4v) is 4.84. The van der Waals surface area contributed by atoms with Gasteiger partial charge in [0.2, 0.25) is 0 Å². The van der Waals surface area contributed by atoms with E-state index in [0.29, 0.717) is 17.2 Å². The van der Waals surface area contributed by atoms with E-state index < -0.39 is 10.8 Å². The van der Waals surface area contributed by atoms with Crippen LogP contribution >= 0.6 is 0 Å². The summed E-state index contributed by atoms with van der Waals surface area (Å²) in [6.45, 7) is 10.1. The Labute approximate surface area is 161 Å². The van der Waals surface area contributed by atoms with E-state index in [1.807, 2.05) is 6.92 Å². The van der Waals surface area contributed by atoms with E-state index in [1.165, 1.54) is 11.1 Å². The van der Waals surface area contributed by atoms with Gasteiger partial charge in [-0.15, -0.1) is 0 Å². The average molecular weight is 378 g/mol. The van der Waals surface area contributed by atoms with Crippen LogP contribution in [0.1, 0.15) is 63.5 Å². The maximum Gasteiger partial charge on any atom is 0.191 e. The first-order valence-electron chi connectivity index (χ1n) is 10.0. The van der Waals surface area contributed by atoms with Gasteiger partial charge in [-0.1, -0.05) is 50.1 Å². The Hall–Kier alpha value is -1.36. The molecule has 0 saturated heterocycles. The van der Waals surface area contributed by atoms with Gasteiger partial charge < -0.3 is 10.6 Å². The van der Waals surface area contributed by atoms with E-state index in [4.69, 9.17) is 4.99 Å². The molecule has 5 heteroatoms. The largest absolute Gasteiger partial charge is 0.357 e. The van der Waals surface area contributed by atoms with Crippen molar-refractivity contribution >= 4 is 16.8 Å². The number of aliphatic imine (C=N–C) groups is 1. The van der Waals surface area contributed by atoms with E-state index in [1.54, 1.807) is 0 Å². The van der Waals surface area contributed by atoms with Gasteiger partial charge in [-0.25, -0.2) is 0 Å². The quantitative estimate of drug-likeness (QED) is 0.562. The van der Waals surface area contributed by atoms with Crippen LogP contribution in [0.15, 0.2) is 29.3 Å². The first-order chi connectivity index (χ1) is 12.5. The summed E-state index contributed by atoms with van der Waals surface area (Å²) >= 11 is 0. The number of rotatable bonds is 7. The number of guanidine groups is 1. The minimum absolute atomic E-state index is 0.334. The summed E-state index contributed by atoms with van der Waals surface area (Å²) < 4.78 is 12.2. The van der Waals surface area contributed by atoms with Crippen molar-refractivity contribution in [3.63, 3.8) is 0 Å². The molecule has 4 unspecified atom stereocenters. The molecular weight excluding hydrogens is 342 g/mol. The van der Waals surface area contributed by atoms with Crippen LogP contribution < -0.4 is 10.6 Å². The van der Waals surface area contributed by atoms with Gasteiger partial charge >= 0.3 is 0 Å². The molecule has 1 aliphatic rings. The number of benzene rings is 1. The van der Waals surface area contributed by atoms with Crippen LogP contribution in [0.25, 0.3) is 0 Å². The Morgan fingerprint density at radius 2 is 2.00 bits per heavy atom. The molecule has 26 heavy (non-hydrogen) atoms. The lowest BCUT2D eigenvalue weighted by atomic mass is 9.95. The van der Waals surface area contributed by atoms with E-state index in [-0.39, 0.29) is 0 Å². The summed E-state index contributed by atoms with van der Waals surface area (Å²) in [4.78, 5) is 4.81. The van der Waals surface area contributed by atoms with E-state index in [0.717, 1.165) is 50.5 Å². The van der Waals surface area contributed by atoms with Gasteiger partial charge in [-0.05, 0) is 38.7 Å². The van der Waals surface area contributed by atoms with Gasteiger partial charge in [-0.2, -0.15) is 0 Å². The molecule has 2 N–H and O–H groups in total. The van der Waals surface area contributed by atoms with E-state index in [9.17, 15) is 4.21 Å². The molecule has 2 rings (SSSR count). The molecule has 0 aliphatic heterocycles. The minimum Gasteiger partial charge on any atom is -0.357 e. The first kappa shape index (κ1) is 20.9. The Morgan fingerprint density at radius 1 is 1.27 bits per heavy atom. The Bertz CT molecular complexity index is 600. The van der Waals surface area contributed by atoms with Crippen molar-refractivity contribution in [3.05, 3.63) is 35.4 Å². The lowest BCUT2D eigenvalue weighted by Crippen LogP contribution is -2.46. The van der Waals surface area contributed by atoms with Crippen molar-refractivity contribution in [1.29, 1.82) is 0 Å². The normalized spacial score (nSPS) is 23.3. The molecule has 1 fully saturated rings. The fourth-order valence-electron chi connectivity index (χ4n) is 3.49. The third-order valence-corrected chi connectivity index (χ3v) is 6.88. The monoisotopic (exact) mass is 377 g/mol. The highest BCUT2D eigenvalue weighted by atomic mass is 32.2. The van der Waals surface area contributed by atoms with Crippen LogP contribution in [0.3, 0.4) is 0 Å². The van der Waals surface area contributed by atoms with Gasteiger partial charge in [0.25, 0.3) is 0 Å². The average Bonchev–Trinajstić information content (AvgIpc) is 2.66. The maximum absolute atomic E-state index is 12.2. The van der Waals surface area contributed by atoms with Crippen molar-refractivity contribution in [3.8, 4) is 0 Å². The molecule has 4 nitrogen and oxygen atoms in total. The summed E-state index contributed by atoms with van der Waals surface area (Å²) in [5.74, 6) is 2.04. The van der Waals surface area contributed by atoms with E-state index in [2.05, 4.69) is 55.7 Å². The second-order valence-corrected chi connectivity index (χ2v) is 9.34. The zero-order chi connectivity index (χ0) is 18.9. The van der Waals surface area contributed by atoms with Gasteiger partial charge in [0, 0.05) is 46.9 Å². The minimum atomic E-state index is -0.691. The number of aryl methyl sites for hydroxylation is 1. The molecule has 0 spiro atoms. The van der Waals surface area contributed by atoms with Crippen LogP contribution in [0.2, 0.25) is 0 Å². The molecular formula is C21H35N3OS. The summed E-state index contributed by atoms with van der Waals surface area (Å²) in [5.41, 5.74) is 2.61. The third-order valence-electron chi connectivity index (χ3n) is 5.14. The van der Waals surface area contributed by atoms with Gasteiger partial charge in [0.1, 0.15) is 0 Å². The van der Waals surface area contributed by atoms with Crippen LogP contribution in [0, 0.1) is 6.92 Å². The SMILES string of the molecule is CCNC(=NCC(C)c1ccc(C)cc1)NC1CCCC(S(=O)CC)C1. The molecule has 0 amide bonds. The maximum atomic E-state index is 12.2. The summed E-state index contributed by atoms with van der Waals surface area (Å²) in [5, 5.41) is 7.29. The lowest BCUT2D eigenvalue weighted by Gasteiger charge is -2.30. The van der Waals surface area contributed by atoms with Crippen molar-refractivity contribution in [2.75, 3.05) is 18.8 Å². The van der Waals surface area contributed by atoms with Gasteiger partial charge in [-0.3, -0.25) is 9.20 Å². The Kier molecular flexibility index (Phi) is 8.63. The molecule has 1 saturated carbocycles. The molecule has 1 aliphatic carbocycles. The molecule has 0 radical (unpaired) electrons. The highest BCUT2D eigenvalue weighted by Crippen LogP contribution is 2.23. The van der Waals surface area contributed by atoms with Crippen LogP contribution in [-0.2, 0) is 10.8 Å². The molecule has 0 bridgehead atoms. The molecule has 4 atom stereocenters. The predicted molar refractivity (Wildman–Crippen MR) is 113 cm³/mol. The predicted octanol–water partition coefficient (Wildman–Crippen LogP) is 3.73. The highest BCUT2D eigenvalue weighted by Gasteiger charge is 2.26. The van der Waals surface area contributed by atoms with Gasteiger partial charge in [0.05, 0.1) is 0 Å². The number of nitrogens with zero attached hydrogens (tertiary/aromatic N) is 1. The standard InChI is InChI=1S/C21H35N3OS/c1-5-22-21(23-15-17(4)18-12-10-16(3)11-13-18)24-19-8-7-9-20(14-19)26(25)6-2/h10-13,17,19-20H,5-9,14-15H2,1-4H3,(H2,22,23,24). The van der Waals surface area contributed by atoms with Crippen molar-refractivity contribution in [2.24, 2.45) is 4.99 Å². The Balaban J connectivity index is 1.95. The summed E-state index contributed by atoms with van der Waals surface area (Å²) in [7, 11) is -0.691. The van der Waals surface area contributed by atoms with Crippen molar-refractivity contribution in [1.82, 2.24) is 10.6 Å². The van der Waals surface area contributed by atoms with Gasteiger partial charge in [0.15, 0.2) is 5.96 Å². The number of hydrogen-bond donors (Lipinski definition) is 2. The van der Waals surface area contributed by atoms with Crippen LogP contribution in [0.4, 0.5) is 0 Å². The number of hydrogen-bond acceptors (Lipinski definition) is 2. The highest BCUT2D eigenvalue weighted by molar-refractivity contribution is 7.85. The molecule has 0 heterocycles.